The van der Waals surface area contributed by atoms with E-state index in [4.69, 9.17) is 14.6 Å². The first-order valence-corrected chi connectivity index (χ1v) is 5.85. The number of hydrogen-bond acceptors (Lipinski definition) is 5. The van der Waals surface area contributed by atoms with Crippen molar-refractivity contribution in [1.82, 2.24) is 0 Å². The minimum atomic E-state index is -1.12. The molecule has 0 fully saturated rings. The number of amides is 1. The molecule has 1 aromatic heterocycles. The van der Waals surface area contributed by atoms with Gasteiger partial charge in [-0.05, 0) is 5.38 Å². The van der Waals surface area contributed by atoms with E-state index in [1.807, 2.05) is 0 Å². The number of thiophene rings is 1. The minimum absolute atomic E-state index is 0.0254. The van der Waals surface area contributed by atoms with Crippen LogP contribution in [0.5, 0.6) is 0 Å². The molecule has 0 aliphatic carbocycles. The second-order valence-electron chi connectivity index (χ2n) is 3.22. The van der Waals surface area contributed by atoms with Crippen molar-refractivity contribution < 1.29 is 24.2 Å². The molecule has 0 aliphatic heterocycles. The van der Waals surface area contributed by atoms with E-state index in [0.717, 1.165) is 11.3 Å². The summed E-state index contributed by atoms with van der Waals surface area (Å²) in [5.41, 5.74) is 0.534. The Kier molecular flexibility index (Phi) is 5.34. The van der Waals surface area contributed by atoms with Gasteiger partial charge in [-0.2, -0.15) is 0 Å². The standard InChI is InChI=1S/C11H13NO5S/c1-3-4-17-11(15)12-9-8(10(13)14)7(5-16-2)6-18-9/h3,6H,1,4-5H2,2H3,(H,12,15)(H,13,14). The number of nitrogens with one attached hydrogen (secondary N) is 1. The molecule has 18 heavy (non-hydrogen) atoms. The second-order valence-corrected chi connectivity index (χ2v) is 4.10. The van der Waals surface area contributed by atoms with Crippen LogP contribution in [0.2, 0.25) is 0 Å². The third kappa shape index (κ3) is 3.57. The van der Waals surface area contributed by atoms with Crippen molar-refractivity contribution in [3.8, 4) is 0 Å². The molecule has 0 atom stereocenters. The molecule has 1 amide bonds. The summed E-state index contributed by atoms with van der Waals surface area (Å²) < 4.78 is 9.60. The van der Waals surface area contributed by atoms with E-state index in [2.05, 4.69) is 11.9 Å². The summed E-state index contributed by atoms with van der Waals surface area (Å²) in [7, 11) is 1.47. The Morgan fingerprint density at radius 2 is 2.33 bits per heavy atom. The lowest BCUT2D eigenvalue weighted by Crippen LogP contribution is -2.15. The molecule has 0 unspecified atom stereocenters. The van der Waals surface area contributed by atoms with E-state index in [0.29, 0.717) is 5.56 Å². The molecule has 0 spiro atoms. The molecule has 0 aliphatic rings. The van der Waals surface area contributed by atoms with Gasteiger partial charge in [0.25, 0.3) is 0 Å². The molecule has 2 N–H and O–H groups in total. The number of rotatable bonds is 6. The summed E-state index contributed by atoms with van der Waals surface area (Å²) in [6.45, 7) is 3.63. The zero-order valence-corrected chi connectivity index (χ0v) is 10.6. The van der Waals surface area contributed by atoms with Gasteiger partial charge in [0.05, 0.1) is 12.2 Å². The van der Waals surface area contributed by atoms with Crippen LogP contribution in [0.15, 0.2) is 18.0 Å². The van der Waals surface area contributed by atoms with Gasteiger partial charge in [-0.3, -0.25) is 5.32 Å². The predicted molar refractivity (Wildman–Crippen MR) is 67.2 cm³/mol. The van der Waals surface area contributed by atoms with Crippen molar-refractivity contribution in [3.05, 3.63) is 29.2 Å². The van der Waals surface area contributed by atoms with E-state index >= 15 is 0 Å². The van der Waals surface area contributed by atoms with Gasteiger partial charge in [-0.25, -0.2) is 9.59 Å². The normalized spacial score (nSPS) is 9.83. The SMILES string of the molecule is C=CCOC(=O)Nc1scc(COC)c1C(=O)O. The number of carbonyl (C=O) groups is 2. The number of carboxylic acids is 1. The fourth-order valence-corrected chi connectivity index (χ4v) is 2.17. The lowest BCUT2D eigenvalue weighted by molar-refractivity contribution is 0.0693. The van der Waals surface area contributed by atoms with Gasteiger partial charge >= 0.3 is 12.1 Å². The van der Waals surface area contributed by atoms with Crippen LogP contribution in [0.25, 0.3) is 0 Å². The molecule has 0 aromatic carbocycles. The largest absolute Gasteiger partial charge is 0.478 e. The Bertz CT molecular complexity index is 454. The van der Waals surface area contributed by atoms with Crippen molar-refractivity contribution in [3.63, 3.8) is 0 Å². The first kappa shape index (κ1) is 14.2. The molecule has 98 valence electrons. The van der Waals surface area contributed by atoms with Gasteiger partial charge in [0, 0.05) is 12.7 Å². The van der Waals surface area contributed by atoms with Gasteiger partial charge in [-0.1, -0.05) is 12.7 Å². The van der Waals surface area contributed by atoms with Crippen LogP contribution < -0.4 is 5.32 Å². The lowest BCUT2D eigenvalue weighted by atomic mass is 10.2. The maximum absolute atomic E-state index is 11.3. The number of hydrogen-bond donors (Lipinski definition) is 2. The van der Waals surface area contributed by atoms with Gasteiger partial charge in [0.15, 0.2) is 0 Å². The predicted octanol–water partition coefficient (Wildman–Crippen LogP) is 2.33. The van der Waals surface area contributed by atoms with Crippen LogP contribution in [-0.2, 0) is 16.1 Å². The maximum Gasteiger partial charge on any atom is 0.412 e. The average Bonchev–Trinajstić information content (AvgIpc) is 2.70. The van der Waals surface area contributed by atoms with Gasteiger partial charge in [0.2, 0.25) is 0 Å². The third-order valence-electron chi connectivity index (χ3n) is 1.93. The Labute approximate surface area is 108 Å². The first-order chi connectivity index (χ1) is 8.60. The van der Waals surface area contributed by atoms with Crippen LogP contribution in [0.3, 0.4) is 0 Å². The fraction of sp³-hybridized carbons (Fsp3) is 0.273. The molecule has 0 radical (unpaired) electrons. The van der Waals surface area contributed by atoms with Crippen LogP contribution in [0.4, 0.5) is 9.80 Å². The number of methoxy groups -OCH3 is 1. The smallest absolute Gasteiger partial charge is 0.412 e. The summed E-state index contributed by atoms with van der Waals surface area (Å²) in [5, 5.41) is 13.3. The highest BCUT2D eigenvalue weighted by Gasteiger charge is 2.20. The van der Waals surface area contributed by atoms with Crippen molar-refractivity contribution in [2.75, 3.05) is 19.0 Å². The summed E-state index contributed by atoms with van der Waals surface area (Å²) >= 11 is 1.11. The Hall–Kier alpha value is -1.86. The number of anilines is 1. The summed E-state index contributed by atoms with van der Waals surface area (Å²) in [6, 6.07) is 0. The van der Waals surface area contributed by atoms with E-state index < -0.39 is 12.1 Å². The zero-order valence-electron chi connectivity index (χ0n) is 9.76. The summed E-state index contributed by atoms with van der Waals surface area (Å²) in [6.07, 6.45) is 0.700. The highest BCUT2D eigenvalue weighted by Crippen LogP contribution is 2.29. The molecule has 6 nitrogen and oxygen atoms in total. The molecule has 0 saturated carbocycles. The molecular formula is C11H13NO5S. The summed E-state index contributed by atoms with van der Waals surface area (Å²) in [5.74, 6) is -1.12. The molecule has 0 bridgehead atoms. The van der Waals surface area contributed by atoms with Crippen LogP contribution in [-0.4, -0.2) is 30.9 Å². The van der Waals surface area contributed by atoms with Crippen molar-refractivity contribution >= 4 is 28.4 Å². The zero-order chi connectivity index (χ0) is 13.5. The van der Waals surface area contributed by atoms with Crippen molar-refractivity contribution in [2.24, 2.45) is 0 Å². The van der Waals surface area contributed by atoms with Crippen LogP contribution >= 0.6 is 11.3 Å². The van der Waals surface area contributed by atoms with E-state index in [9.17, 15) is 9.59 Å². The van der Waals surface area contributed by atoms with Crippen LogP contribution in [0, 0.1) is 0 Å². The van der Waals surface area contributed by atoms with Gasteiger partial charge in [0.1, 0.15) is 11.6 Å². The lowest BCUT2D eigenvalue weighted by Gasteiger charge is -2.05. The number of ether oxygens (including phenoxy) is 2. The Morgan fingerprint density at radius 1 is 1.61 bits per heavy atom. The number of carbonyl (C=O) groups excluding carboxylic acids is 1. The van der Waals surface area contributed by atoms with Crippen molar-refractivity contribution in [1.29, 1.82) is 0 Å². The number of carboxylic acid groups (broad SMARTS) is 1. The average molecular weight is 271 g/mol. The van der Waals surface area contributed by atoms with Gasteiger partial charge < -0.3 is 14.6 Å². The minimum Gasteiger partial charge on any atom is -0.478 e. The molecule has 1 aromatic rings. The highest BCUT2D eigenvalue weighted by atomic mass is 32.1. The molecule has 1 heterocycles. The van der Waals surface area contributed by atoms with E-state index in [-0.39, 0.29) is 23.8 Å². The number of aromatic carboxylic acids is 1. The monoisotopic (exact) mass is 271 g/mol. The Morgan fingerprint density at radius 3 is 2.89 bits per heavy atom. The molecule has 0 saturated heterocycles. The molecule has 1 rings (SSSR count). The fourth-order valence-electron chi connectivity index (χ4n) is 1.25. The quantitative estimate of drug-likeness (QED) is 0.776. The summed E-state index contributed by atoms with van der Waals surface area (Å²) in [4.78, 5) is 22.4. The van der Waals surface area contributed by atoms with Crippen LogP contribution in [0.1, 0.15) is 15.9 Å². The van der Waals surface area contributed by atoms with E-state index in [1.165, 1.54) is 13.2 Å². The molecular weight excluding hydrogens is 258 g/mol. The maximum atomic E-state index is 11.3. The van der Waals surface area contributed by atoms with Gasteiger partial charge in [-0.15, -0.1) is 11.3 Å². The Balaban J connectivity index is 2.85. The van der Waals surface area contributed by atoms with Crippen molar-refractivity contribution in [2.45, 2.75) is 6.61 Å². The second kappa shape index (κ2) is 6.77. The topological polar surface area (TPSA) is 84.9 Å². The van der Waals surface area contributed by atoms with E-state index in [1.54, 1.807) is 5.38 Å². The molecule has 7 heteroatoms. The highest BCUT2D eigenvalue weighted by molar-refractivity contribution is 7.15. The third-order valence-corrected chi connectivity index (χ3v) is 2.87. The first-order valence-electron chi connectivity index (χ1n) is 4.97.